The Morgan fingerprint density at radius 1 is 1.37 bits per heavy atom. The lowest BCUT2D eigenvalue weighted by molar-refractivity contribution is 0.457. The van der Waals surface area contributed by atoms with Crippen molar-refractivity contribution in [1.82, 2.24) is 4.31 Å². The Balaban J connectivity index is 2.37. The van der Waals surface area contributed by atoms with Crippen molar-refractivity contribution in [2.45, 2.75) is 11.4 Å². The van der Waals surface area contributed by atoms with E-state index in [9.17, 15) is 12.8 Å². The Morgan fingerprint density at radius 2 is 2.11 bits per heavy atom. The summed E-state index contributed by atoms with van der Waals surface area (Å²) in [5, 5.41) is 0. The highest BCUT2D eigenvalue weighted by molar-refractivity contribution is 7.89. The number of anilines is 1. The molecular weight excluding hydrogens is 271 g/mol. The zero-order valence-corrected chi connectivity index (χ0v) is 11.0. The molecule has 0 radical (unpaired) electrons. The van der Waals surface area contributed by atoms with Crippen LogP contribution < -0.4 is 5.73 Å². The summed E-state index contributed by atoms with van der Waals surface area (Å²) in [6.07, 6.45) is 2.87. The smallest absolute Gasteiger partial charge is 0.248 e. The van der Waals surface area contributed by atoms with E-state index in [1.807, 2.05) is 0 Å². The van der Waals surface area contributed by atoms with Crippen molar-refractivity contribution in [3.8, 4) is 0 Å². The predicted octanol–water partition coefficient (Wildman–Crippen LogP) is 1.82. The monoisotopic (exact) mass is 284 g/mol. The first-order valence-corrected chi connectivity index (χ1v) is 6.88. The molecule has 19 heavy (non-hydrogen) atoms. The van der Waals surface area contributed by atoms with E-state index in [1.165, 1.54) is 31.7 Å². The van der Waals surface area contributed by atoms with Gasteiger partial charge in [0.25, 0.3) is 0 Å². The fourth-order valence-corrected chi connectivity index (χ4v) is 2.99. The van der Waals surface area contributed by atoms with E-state index in [0.29, 0.717) is 5.56 Å². The minimum atomic E-state index is -3.98. The van der Waals surface area contributed by atoms with Gasteiger partial charge >= 0.3 is 0 Å². The van der Waals surface area contributed by atoms with Crippen molar-refractivity contribution in [1.29, 1.82) is 0 Å². The molecular formula is C12H13FN2O3S. The fourth-order valence-electron chi connectivity index (χ4n) is 1.68. The number of benzene rings is 1. The molecule has 0 saturated heterocycles. The van der Waals surface area contributed by atoms with Crippen molar-refractivity contribution in [2.24, 2.45) is 0 Å². The van der Waals surface area contributed by atoms with Crippen LogP contribution in [-0.4, -0.2) is 19.8 Å². The van der Waals surface area contributed by atoms with Crippen molar-refractivity contribution < 1.29 is 17.2 Å². The predicted molar refractivity (Wildman–Crippen MR) is 68.2 cm³/mol. The Morgan fingerprint density at radius 3 is 2.68 bits per heavy atom. The maximum Gasteiger partial charge on any atom is 0.248 e. The number of rotatable bonds is 4. The summed E-state index contributed by atoms with van der Waals surface area (Å²) in [4.78, 5) is -0.499. The van der Waals surface area contributed by atoms with Crippen LogP contribution >= 0.6 is 0 Å². The van der Waals surface area contributed by atoms with Gasteiger partial charge in [-0.15, -0.1) is 0 Å². The summed E-state index contributed by atoms with van der Waals surface area (Å²) >= 11 is 0. The molecule has 2 N–H and O–H groups in total. The van der Waals surface area contributed by atoms with E-state index in [0.717, 1.165) is 10.4 Å². The van der Waals surface area contributed by atoms with Gasteiger partial charge in [-0.25, -0.2) is 12.8 Å². The molecule has 2 rings (SSSR count). The zero-order chi connectivity index (χ0) is 14.0. The largest absolute Gasteiger partial charge is 0.472 e. The second-order valence-electron chi connectivity index (χ2n) is 4.05. The summed E-state index contributed by atoms with van der Waals surface area (Å²) in [5.41, 5.74) is 6.11. The van der Waals surface area contributed by atoms with Gasteiger partial charge in [-0.2, -0.15) is 4.31 Å². The quantitative estimate of drug-likeness (QED) is 0.869. The highest BCUT2D eigenvalue weighted by Gasteiger charge is 2.27. The molecule has 1 aromatic heterocycles. The minimum absolute atomic E-state index is 0.0760. The van der Waals surface area contributed by atoms with E-state index in [1.54, 1.807) is 6.07 Å². The summed E-state index contributed by atoms with van der Waals surface area (Å²) in [6.45, 7) is 0.0760. The maximum atomic E-state index is 13.7. The van der Waals surface area contributed by atoms with Crippen molar-refractivity contribution in [3.63, 3.8) is 0 Å². The number of sulfonamides is 1. The summed E-state index contributed by atoms with van der Waals surface area (Å²) in [5.74, 6) is -0.862. The first-order chi connectivity index (χ1) is 8.93. The van der Waals surface area contributed by atoms with Crippen LogP contribution in [0, 0.1) is 5.82 Å². The maximum absolute atomic E-state index is 13.7. The molecule has 0 saturated carbocycles. The molecule has 0 aliphatic carbocycles. The van der Waals surface area contributed by atoms with Crippen molar-refractivity contribution >= 4 is 15.7 Å². The number of nitrogen functional groups attached to an aromatic ring is 1. The normalized spacial score (nSPS) is 11.9. The number of hydrogen-bond acceptors (Lipinski definition) is 4. The van der Waals surface area contributed by atoms with E-state index in [2.05, 4.69) is 0 Å². The lowest BCUT2D eigenvalue weighted by Crippen LogP contribution is -2.27. The first kappa shape index (κ1) is 13.6. The van der Waals surface area contributed by atoms with Gasteiger partial charge in [0.05, 0.1) is 18.2 Å². The number of nitrogens with two attached hydrogens (primary N) is 1. The van der Waals surface area contributed by atoms with Gasteiger partial charge in [0.15, 0.2) is 0 Å². The average molecular weight is 284 g/mol. The molecule has 0 bridgehead atoms. The second-order valence-corrected chi connectivity index (χ2v) is 6.03. The highest BCUT2D eigenvalue weighted by Crippen LogP contribution is 2.25. The van der Waals surface area contributed by atoms with Crippen molar-refractivity contribution in [3.05, 3.63) is 48.2 Å². The molecule has 0 atom stereocenters. The molecule has 2 aromatic rings. The van der Waals surface area contributed by atoms with Crippen LogP contribution in [0.15, 0.2) is 46.1 Å². The molecule has 0 fully saturated rings. The van der Waals surface area contributed by atoms with E-state index >= 15 is 0 Å². The van der Waals surface area contributed by atoms with Gasteiger partial charge in [0, 0.05) is 19.2 Å². The van der Waals surface area contributed by atoms with Gasteiger partial charge < -0.3 is 10.2 Å². The third kappa shape index (κ3) is 2.61. The van der Waals surface area contributed by atoms with Crippen LogP contribution in [0.25, 0.3) is 0 Å². The average Bonchev–Trinajstić information content (AvgIpc) is 2.81. The molecule has 7 heteroatoms. The third-order valence-corrected chi connectivity index (χ3v) is 4.55. The molecule has 102 valence electrons. The van der Waals surface area contributed by atoms with Gasteiger partial charge in [0.2, 0.25) is 10.0 Å². The first-order valence-electron chi connectivity index (χ1n) is 5.44. The standard InChI is InChI=1S/C12H13FN2O3S/c1-15(7-9-5-6-18-8-9)19(16,17)12-10(13)3-2-4-11(12)14/h2-6,8H,7,14H2,1H3. The summed E-state index contributed by atoms with van der Waals surface area (Å²) in [6, 6.07) is 5.41. The van der Waals surface area contributed by atoms with Crippen LogP contribution in [0.2, 0.25) is 0 Å². The molecule has 1 heterocycles. The Kier molecular flexibility index (Phi) is 3.59. The van der Waals surface area contributed by atoms with Crippen LogP contribution in [0.4, 0.5) is 10.1 Å². The van der Waals surface area contributed by atoms with Gasteiger partial charge in [-0.3, -0.25) is 0 Å². The fraction of sp³-hybridized carbons (Fsp3) is 0.167. The number of halogens is 1. The molecule has 0 aliphatic heterocycles. The molecule has 0 unspecified atom stereocenters. The van der Waals surface area contributed by atoms with Crippen molar-refractivity contribution in [2.75, 3.05) is 12.8 Å². The van der Waals surface area contributed by atoms with E-state index in [-0.39, 0.29) is 12.2 Å². The number of hydrogen-bond donors (Lipinski definition) is 1. The molecule has 0 spiro atoms. The van der Waals surface area contributed by atoms with E-state index in [4.69, 9.17) is 10.2 Å². The molecule has 5 nitrogen and oxygen atoms in total. The zero-order valence-electron chi connectivity index (χ0n) is 10.2. The number of furan rings is 1. The van der Waals surface area contributed by atoms with Crippen LogP contribution in [-0.2, 0) is 16.6 Å². The van der Waals surface area contributed by atoms with Gasteiger partial charge in [-0.05, 0) is 18.2 Å². The topological polar surface area (TPSA) is 76.5 Å². The molecule has 0 amide bonds. The Hall–Kier alpha value is -1.86. The second kappa shape index (κ2) is 5.02. The molecule has 1 aromatic carbocycles. The number of nitrogens with zero attached hydrogens (tertiary/aromatic N) is 1. The lowest BCUT2D eigenvalue weighted by atomic mass is 10.3. The Bertz CT molecular complexity index is 648. The van der Waals surface area contributed by atoms with Crippen LogP contribution in [0.3, 0.4) is 0 Å². The Labute approximate surface area is 110 Å². The lowest BCUT2D eigenvalue weighted by Gasteiger charge is -2.17. The van der Waals surface area contributed by atoms with Gasteiger partial charge in [0.1, 0.15) is 10.7 Å². The van der Waals surface area contributed by atoms with Crippen LogP contribution in [0.5, 0.6) is 0 Å². The highest BCUT2D eigenvalue weighted by atomic mass is 32.2. The summed E-state index contributed by atoms with van der Waals surface area (Å²) in [7, 11) is -2.63. The van der Waals surface area contributed by atoms with Gasteiger partial charge in [-0.1, -0.05) is 6.07 Å². The minimum Gasteiger partial charge on any atom is -0.472 e. The SMILES string of the molecule is CN(Cc1ccoc1)S(=O)(=O)c1c(N)cccc1F. The molecule has 0 aliphatic rings. The third-order valence-electron chi connectivity index (χ3n) is 2.65. The summed E-state index contributed by atoms with van der Waals surface area (Å²) < 4.78 is 44.1. The van der Waals surface area contributed by atoms with E-state index < -0.39 is 20.7 Å². The van der Waals surface area contributed by atoms with Crippen LogP contribution in [0.1, 0.15) is 5.56 Å².